The summed E-state index contributed by atoms with van der Waals surface area (Å²) in [6.45, 7) is 3.12. The fourth-order valence-electron chi connectivity index (χ4n) is 3.12. The van der Waals surface area contributed by atoms with Gasteiger partial charge in [-0.25, -0.2) is 15.0 Å². The number of rotatable bonds is 5. The Morgan fingerprint density at radius 1 is 0.931 bits per heavy atom. The van der Waals surface area contributed by atoms with E-state index in [0.717, 1.165) is 32.0 Å². The second-order valence-corrected chi connectivity index (χ2v) is 6.44. The minimum absolute atomic E-state index is 0.309. The third-order valence-electron chi connectivity index (χ3n) is 4.65. The third kappa shape index (κ3) is 4.15. The molecule has 0 spiro atoms. The molecule has 3 aromatic heterocycles. The van der Waals surface area contributed by atoms with Crippen LogP contribution in [0.15, 0.2) is 55.2 Å². The lowest BCUT2D eigenvalue weighted by Crippen LogP contribution is -2.47. The van der Waals surface area contributed by atoms with Crippen LogP contribution < -0.4 is 26.4 Å². The van der Waals surface area contributed by atoms with Gasteiger partial charge in [-0.2, -0.15) is 0 Å². The Balaban J connectivity index is 1.40. The van der Waals surface area contributed by atoms with E-state index in [1.54, 1.807) is 30.7 Å². The number of piperazine rings is 1. The summed E-state index contributed by atoms with van der Waals surface area (Å²) < 4.78 is 0. The van der Waals surface area contributed by atoms with E-state index in [-0.39, 0.29) is 5.91 Å². The molecule has 0 aliphatic carbocycles. The van der Waals surface area contributed by atoms with Crippen molar-refractivity contribution < 1.29 is 4.79 Å². The summed E-state index contributed by atoms with van der Waals surface area (Å²) >= 11 is 0. The maximum atomic E-state index is 12.2. The van der Waals surface area contributed by atoms with Gasteiger partial charge in [-0.3, -0.25) is 20.6 Å². The molecule has 10 nitrogen and oxygen atoms in total. The molecule has 1 aliphatic rings. The first-order chi connectivity index (χ1) is 14.2. The van der Waals surface area contributed by atoms with Gasteiger partial charge >= 0.3 is 0 Å². The lowest BCUT2D eigenvalue weighted by Gasteiger charge is -2.36. The van der Waals surface area contributed by atoms with Crippen molar-refractivity contribution >= 4 is 29.0 Å². The van der Waals surface area contributed by atoms with Crippen molar-refractivity contribution in [3.05, 3.63) is 60.8 Å². The highest BCUT2D eigenvalue weighted by atomic mass is 16.2. The molecule has 29 heavy (non-hydrogen) atoms. The molecule has 148 valence electrons. The van der Waals surface area contributed by atoms with Crippen LogP contribution in [-0.2, 0) is 0 Å². The molecule has 10 heteroatoms. The fraction of sp³-hybridized carbons (Fsp3) is 0.211. The molecule has 0 atom stereocenters. The van der Waals surface area contributed by atoms with E-state index in [4.69, 9.17) is 5.73 Å². The second kappa shape index (κ2) is 8.38. The topological polar surface area (TPSA) is 125 Å². The summed E-state index contributed by atoms with van der Waals surface area (Å²) in [5, 5.41) is 0. The number of anilines is 4. The van der Waals surface area contributed by atoms with Crippen LogP contribution in [0.3, 0.4) is 0 Å². The molecular weight excluding hydrogens is 370 g/mol. The van der Waals surface area contributed by atoms with Gasteiger partial charge in [0.15, 0.2) is 11.6 Å². The van der Waals surface area contributed by atoms with Crippen LogP contribution in [0.1, 0.15) is 10.4 Å². The van der Waals surface area contributed by atoms with Gasteiger partial charge in [-0.05, 0) is 24.3 Å². The number of nitrogen functional groups attached to an aromatic ring is 1. The smallest absolute Gasteiger partial charge is 0.269 e. The highest BCUT2D eigenvalue weighted by Crippen LogP contribution is 2.27. The molecule has 4 rings (SSSR count). The van der Waals surface area contributed by atoms with Crippen molar-refractivity contribution in [3.63, 3.8) is 0 Å². The van der Waals surface area contributed by atoms with Gasteiger partial charge in [0.1, 0.15) is 17.8 Å². The highest BCUT2D eigenvalue weighted by molar-refractivity contribution is 5.95. The fourth-order valence-corrected chi connectivity index (χ4v) is 3.12. The number of carbonyl (C=O) groups excluding carboxylic acids is 1. The van der Waals surface area contributed by atoms with E-state index in [2.05, 4.69) is 40.6 Å². The van der Waals surface area contributed by atoms with Gasteiger partial charge in [0.05, 0.1) is 0 Å². The zero-order valence-electron chi connectivity index (χ0n) is 15.7. The van der Waals surface area contributed by atoms with Crippen LogP contribution in [0.25, 0.3) is 0 Å². The molecule has 4 heterocycles. The summed E-state index contributed by atoms with van der Waals surface area (Å²) in [4.78, 5) is 33.3. The molecular formula is C19H21N9O. The predicted octanol–water partition coefficient (Wildman–Crippen LogP) is 0.932. The van der Waals surface area contributed by atoms with Crippen molar-refractivity contribution in [3.8, 4) is 0 Å². The van der Waals surface area contributed by atoms with Gasteiger partial charge in [-0.15, -0.1) is 0 Å². The van der Waals surface area contributed by atoms with Gasteiger partial charge in [-0.1, -0.05) is 6.07 Å². The summed E-state index contributed by atoms with van der Waals surface area (Å²) in [7, 11) is 0. The Morgan fingerprint density at radius 2 is 1.69 bits per heavy atom. The SMILES string of the molecule is Nc1c(NNC(=O)c2ccncc2)ncnc1N1CCN(c2ccccn2)CC1. The Labute approximate surface area is 167 Å². The number of nitrogens with zero attached hydrogens (tertiary/aromatic N) is 6. The van der Waals surface area contributed by atoms with E-state index >= 15 is 0 Å². The quantitative estimate of drug-likeness (QED) is 0.545. The Morgan fingerprint density at radius 3 is 2.41 bits per heavy atom. The minimum atomic E-state index is -0.309. The molecule has 3 aromatic rings. The van der Waals surface area contributed by atoms with Crippen LogP contribution in [0.4, 0.5) is 23.1 Å². The lowest BCUT2D eigenvalue weighted by molar-refractivity contribution is 0.0962. The van der Waals surface area contributed by atoms with Gasteiger partial charge in [0.25, 0.3) is 5.91 Å². The number of aromatic nitrogens is 4. The van der Waals surface area contributed by atoms with Crippen molar-refractivity contribution in [2.45, 2.75) is 0 Å². The van der Waals surface area contributed by atoms with Crippen LogP contribution in [-0.4, -0.2) is 52.0 Å². The second-order valence-electron chi connectivity index (χ2n) is 6.44. The number of hydrogen-bond donors (Lipinski definition) is 3. The van der Waals surface area contributed by atoms with Crippen LogP contribution in [0.5, 0.6) is 0 Å². The standard InChI is InChI=1S/C19H21N9O/c20-16-17(25-26-19(29)14-4-7-21-8-5-14)23-13-24-18(16)28-11-9-27(10-12-28)15-3-1-2-6-22-15/h1-8,13H,9-12,20H2,(H,26,29)(H,23,24,25). The zero-order valence-corrected chi connectivity index (χ0v) is 15.7. The summed E-state index contributed by atoms with van der Waals surface area (Å²) in [5.41, 5.74) is 12.5. The maximum Gasteiger partial charge on any atom is 0.269 e. The highest BCUT2D eigenvalue weighted by Gasteiger charge is 2.22. The molecule has 0 bridgehead atoms. The summed E-state index contributed by atoms with van der Waals surface area (Å²) in [6, 6.07) is 9.13. The number of nitrogens with one attached hydrogen (secondary N) is 2. The zero-order chi connectivity index (χ0) is 20.1. The van der Waals surface area contributed by atoms with Gasteiger partial charge in [0, 0.05) is 50.3 Å². The van der Waals surface area contributed by atoms with E-state index in [1.807, 2.05) is 18.2 Å². The average Bonchev–Trinajstić information content (AvgIpc) is 2.79. The number of pyridine rings is 2. The van der Waals surface area contributed by atoms with Crippen molar-refractivity contribution in [2.24, 2.45) is 0 Å². The number of amides is 1. The Bertz CT molecular complexity index is 960. The van der Waals surface area contributed by atoms with Crippen molar-refractivity contribution in [2.75, 3.05) is 47.1 Å². The molecule has 1 fully saturated rings. The molecule has 1 amide bonds. The number of hydrogen-bond acceptors (Lipinski definition) is 9. The molecule has 0 radical (unpaired) electrons. The molecule has 0 saturated carbocycles. The molecule has 1 aliphatic heterocycles. The van der Waals surface area contributed by atoms with E-state index in [1.165, 1.54) is 6.33 Å². The number of carbonyl (C=O) groups is 1. The molecule has 4 N–H and O–H groups in total. The normalized spacial score (nSPS) is 13.8. The van der Waals surface area contributed by atoms with Gasteiger partial charge in [0.2, 0.25) is 0 Å². The van der Waals surface area contributed by atoms with E-state index in [0.29, 0.717) is 22.9 Å². The average molecular weight is 391 g/mol. The van der Waals surface area contributed by atoms with E-state index < -0.39 is 0 Å². The molecule has 0 aromatic carbocycles. The maximum absolute atomic E-state index is 12.2. The van der Waals surface area contributed by atoms with Crippen LogP contribution in [0.2, 0.25) is 0 Å². The minimum Gasteiger partial charge on any atom is -0.393 e. The monoisotopic (exact) mass is 391 g/mol. The summed E-state index contributed by atoms with van der Waals surface area (Å²) in [6.07, 6.45) is 6.33. The predicted molar refractivity (Wildman–Crippen MR) is 110 cm³/mol. The first-order valence-corrected chi connectivity index (χ1v) is 9.20. The third-order valence-corrected chi connectivity index (χ3v) is 4.65. The first-order valence-electron chi connectivity index (χ1n) is 9.20. The van der Waals surface area contributed by atoms with E-state index in [9.17, 15) is 4.79 Å². The first kappa shape index (κ1) is 18.4. The Kier molecular flexibility index (Phi) is 5.32. The lowest BCUT2D eigenvalue weighted by atomic mass is 10.2. The van der Waals surface area contributed by atoms with Crippen molar-refractivity contribution in [1.82, 2.24) is 25.4 Å². The van der Waals surface area contributed by atoms with Crippen LogP contribution >= 0.6 is 0 Å². The molecule has 0 unspecified atom stereocenters. The summed E-state index contributed by atoms with van der Waals surface area (Å²) in [5.74, 6) is 1.64. The number of nitrogens with two attached hydrogens (primary N) is 1. The largest absolute Gasteiger partial charge is 0.393 e. The van der Waals surface area contributed by atoms with Crippen LogP contribution in [0, 0.1) is 0 Å². The molecule has 1 saturated heterocycles. The number of hydrazine groups is 1. The van der Waals surface area contributed by atoms with Gasteiger partial charge < -0.3 is 15.5 Å². The Hall–Kier alpha value is -3.95. The van der Waals surface area contributed by atoms with Crippen molar-refractivity contribution in [1.29, 1.82) is 0 Å².